The number of ether oxygens (including phenoxy) is 1. The molecule has 0 aliphatic heterocycles. The fourth-order valence-corrected chi connectivity index (χ4v) is 2.74. The van der Waals surface area contributed by atoms with Crippen LogP contribution < -0.4 is 4.74 Å². The van der Waals surface area contributed by atoms with E-state index in [1.807, 2.05) is 12.1 Å². The minimum absolute atomic E-state index is 0.273. The summed E-state index contributed by atoms with van der Waals surface area (Å²) < 4.78 is 11.9. The summed E-state index contributed by atoms with van der Waals surface area (Å²) in [5.41, 5.74) is 2.58. The van der Waals surface area contributed by atoms with Crippen molar-refractivity contribution in [2.45, 2.75) is 59.2 Å². The van der Waals surface area contributed by atoms with Crippen LogP contribution in [0.4, 0.5) is 0 Å². The van der Waals surface area contributed by atoms with Gasteiger partial charge in [0.2, 0.25) is 0 Å². The number of benzene rings is 1. The smallest absolute Gasteiger partial charge is 0.191 e. The minimum Gasteiger partial charge on any atom is -0.490 e. The molecule has 124 valence electrons. The van der Waals surface area contributed by atoms with Crippen molar-refractivity contribution in [3.63, 3.8) is 0 Å². The molecule has 2 nitrogen and oxygen atoms in total. The van der Waals surface area contributed by atoms with Crippen molar-refractivity contribution in [2.75, 3.05) is 13.2 Å². The molecule has 1 aromatic rings. The lowest BCUT2D eigenvalue weighted by Crippen LogP contribution is -2.41. The molecule has 0 N–H and O–H groups in total. The standard InChI is InChI=1S/C19H32O2Si/c1-16(2)12-14-20-18-10-8-17(9-11-18)13-15-21-22(6,7)19(3,4)5/h8-12H,13-15H2,1-7H3. The van der Waals surface area contributed by atoms with E-state index in [2.05, 4.69) is 65.9 Å². The zero-order valence-corrected chi connectivity index (χ0v) is 16.3. The topological polar surface area (TPSA) is 18.5 Å². The molecule has 0 radical (unpaired) electrons. The van der Waals surface area contributed by atoms with Crippen LogP contribution in [0.25, 0.3) is 0 Å². The van der Waals surface area contributed by atoms with Crippen LogP contribution in [0, 0.1) is 0 Å². The Kier molecular flexibility index (Phi) is 6.88. The van der Waals surface area contributed by atoms with Crippen LogP contribution in [0.15, 0.2) is 35.9 Å². The van der Waals surface area contributed by atoms with Gasteiger partial charge in [0.05, 0.1) is 0 Å². The van der Waals surface area contributed by atoms with Crippen LogP contribution in [-0.4, -0.2) is 21.5 Å². The van der Waals surface area contributed by atoms with E-state index in [1.165, 1.54) is 11.1 Å². The summed E-state index contributed by atoms with van der Waals surface area (Å²) in [5, 5.41) is 0.273. The summed E-state index contributed by atoms with van der Waals surface area (Å²) in [4.78, 5) is 0. The maximum atomic E-state index is 6.22. The molecule has 0 saturated heterocycles. The highest BCUT2D eigenvalue weighted by atomic mass is 28.4. The largest absolute Gasteiger partial charge is 0.490 e. The lowest BCUT2D eigenvalue weighted by Gasteiger charge is -2.36. The average Bonchev–Trinajstić information content (AvgIpc) is 2.38. The molecule has 0 fully saturated rings. The number of hydrogen-bond donors (Lipinski definition) is 0. The minimum atomic E-state index is -1.63. The van der Waals surface area contributed by atoms with E-state index in [0.29, 0.717) is 6.61 Å². The Morgan fingerprint density at radius 3 is 2.18 bits per heavy atom. The Hall–Kier alpha value is -1.06. The lowest BCUT2D eigenvalue weighted by molar-refractivity contribution is 0.292. The molecule has 22 heavy (non-hydrogen) atoms. The average molecular weight is 321 g/mol. The zero-order chi connectivity index (χ0) is 16.8. The molecule has 0 aliphatic carbocycles. The summed E-state index contributed by atoms with van der Waals surface area (Å²) in [6.07, 6.45) is 3.04. The van der Waals surface area contributed by atoms with Gasteiger partial charge in [0.25, 0.3) is 0 Å². The first-order chi connectivity index (χ1) is 10.1. The van der Waals surface area contributed by atoms with E-state index in [4.69, 9.17) is 9.16 Å². The van der Waals surface area contributed by atoms with Crippen molar-refractivity contribution in [1.29, 1.82) is 0 Å². The molecule has 0 heterocycles. The van der Waals surface area contributed by atoms with E-state index < -0.39 is 8.32 Å². The van der Waals surface area contributed by atoms with Gasteiger partial charge in [-0.2, -0.15) is 0 Å². The van der Waals surface area contributed by atoms with Crippen molar-refractivity contribution in [1.82, 2.24) is 0 Å². The first kappa shape index (κ1) is 19.0. The second-order valence-electron chi connectivity index (χ2n) is 7.60. The highest BCUT2D eigenvalue weighted by Gasteiger charge is 2.36. The van der Waals surface area contributed by atoms with Crippen molar-refractivity contribution in [3.8, 4) is 5.75 Å². The molecule has 0 amide bonds. The summed E-state index contributed by atoms with van der Waals surface area (Å²) in [5.74, 6) is 0.923. The van der Waals surface area contributed by atoms with Crippen LogP contribution in [0.5, 0.6) is 5.75 Å². The Balaban J connectivity index is 2.43. The molecule has 0 atom stereocenters. The zero-order valence-electron chi connectivity index (χ0n) is 15.3. The van der Waals surface area contributed by atoms with Gasteiger partial charge in [-0.05, 0) is 62.2 Å². The predicted molar refractivity (Wildman–Crippen MR) is 98.2 cm³/mol. The summed E-state index contributed by atoms with van der Waals surface area (Å²) >= 11 is 0. The first-order valence-corrected chi connectivity index (χ1v) is 11.0. The molecule has 0 aromatic heterocycles. The van der Waals surface area contributed by atoms with Crippen LogP contribution in [-0.2, 0) is 10.8 Å². The fraction of sp³-hybridized carbons (Fsp3) is 0.579. The van der Waals surface area contributed by atoms with Gasteiger partial charge in [-0.15, -0.1) is 0 Å². The quantitative estimate of drug-likeness (QED) is 0.481. The molecule has 0 spiro atoms. The van der Waals surface area contributed by atoms with Crippen molar-refractivity contribution in [2.24, 2.45) is 0 Å². The second-order valence-corrected chi connectivity index (χ2v) is 12.4. The van der Waals surface area contributed by atoms with Crippen LogP contribution in [0.3, 0.4) is 0 Å². The van der Waals surface area contributed by atoms with Crippen molar-refractivity contribution in [3.05, 3.63) is 41.5 Å². The van der Waals surface area contributed by atoms with Crippen LogP contribution >= 0.6 is 0 Å². The van der Waals surface area contributed by atoms with Gasteiger partial charge >= 0.3 is 0 Å². The Morgan fingerprint density at radius 1 is 1.09 bits per heavy atom. The monoisotopic (exact) mass is 320 g/mol. The molecule has 0 bridgehead atoms. The summed E-state index contributed by atoms with van der Waals surface area (Å²) in [7, 11) is -1.63. The van der Waals surface area contributed by atoms with Crippen molar-refractivity contribution < 1.29 is 9.16 Å². The first-order valence-electron chi connectivity index (χ1n) is 8.11. The van der Waals surface area contributed by atoms with Gasteiger partial charge < -0.3 is 9.16 Å². The predicted octanol–water partition coefficient (Wildman–Crippen LogP) is 5.60. The van der Waals surface area contributed by atoms with Gasteiger partial charge in [0, 0.05) is 6.61 Å². The number of allylic oxidation sites excluding steroid dienone is 1. The van der Waals surface area contributed by atoms with Gasteiger partial charge in [0.15, 0.2) is 8.32 Å². The summed E-state index contributed by atoms with van der Waals surface area (Å²) in [6.45, 7) is 17.0. The third-order valence-electron chi connectivity index (χ3n) is 4.32. The Bertz CT molecular complexity index is 477. The fourth-order valence-electron chi connectivity index (χ4n) is 1.70. The van der Waals surface area contributed by atoms with Gasteiger partial charge in [-0.3, -0.25) is 0 Å². The molecule has 1 aromatic carbocycles. The highest BCUT2D eigenvalue weighted by molar-refractivity contribution is 6.74. The molecule has 3 heteroatoms. The van der Waals surface area contributed by atoms with E-state index in [1.54, 1.807) is 0 Å². The Morgan fingerprint density at radius 2 is 1.68 bits per heavy atom. The van der Waals surface area contributed by atoms with Gasteiger partial charge in [-0.25, -0.2) is 0 Å². The SMILES string of the molecule is CC(C)=CCOc1ccc(CCO[Si](C)(C)C(C)(C)C)cc1. The summed E-state index contributed by atoms with van der Waals surface area (Å²) in [6, 6.07) is 8.35. The third-order valence-corrected chi connectivity index (χ3v) is 8.86. The Labute approximate surface area is 137 Å². The highest BCUT2D eigenvalue weighted by Crippen LogP contribution is 2.36. The van der Waals surface area contributed by atoms with Crippen LogP contribution in [0.2, 0.25) is 18.1 Å². The van der Waals surface area contributed by atoms with Crippen molar-refractivity contribution >= 4 is 8.32 Å². The van der Waals surface area contributed by atoms with E-state index in [-0.39, 0.29) is 5.04 Å². The molecule has 0 saturated carbocycles. The maximum Gasteiger partial charge on any atom is 0.191 e. The number of rotatable bonds is 7. The molecule has 1 rings (SSSR count). The molecule has 0 unspecified atom stereocenters. The van der Waals surface area contributed by atoms with Gasteiger partial charge in [-0.1, -0.05) is 38.5 Å². The molecular formula is C19H32O2Si. The normalized spacial score (nSPS) is 12.1. The second kappa shape index (κ2) is 7.98. The van der Waals surface area contributed by atoms with Crippen LogP contribution in [0.1, 0.15) is 40.2 Å². The van der Waals surface area contributed by atoms with E-state index >= 15 is 0 Å². The molecule has 0 aliphatic rings. The lowest BCUT2D eigenvalue weighted by atomic mass is 10.1. The number of hydrogen-bond acceptors (Lipinski definition) is 2. The van der Waals surface area contributed by atoms with E-state index in [9.17, 15) is 0 Å². The van der Waals surface area contributed by atoms with E-state index in [0.717, 1.165) is 18.8 Å². The maximum absolute atomic E-state index is 6.22. The van der Waals surface area contributed by atoms with Gasteiger partial charge in [0.1, 0.15) is 12.4 Å². The third kappa shape index (κ3) is 6.37. The molecular weight excluding hydrogens is 288 g/mol.